The lowest BCUT2D eigenvalue weighted by Crippen LogP contribution is -2.06. The number of nitrogens with zero attached hydrogens (tertiary/aromatic N) is 2. The Bertz CT molecular complexity index is 603. The summed E-state index contributed by atoms with van der Waals surface area (Å²) in [6.07, 6.45) is 0.465. The largest absolute Gasteiger partial charge is 0.465 e. The van der Waals surface area contributed by atoms with E-state index in [1.165, 1.54) is 19.2 Å². The van der Waals surface area contributed by atoms with Gasteiger partial charge in [0.05, 0.1) is 12.8 Å². The molecule has 2 rings (SSSR count). The minimum absolute atomic E-state index is 0.283. The molecule has 0 amide bonds. The molecule has 19 heavy (non-hydrogen) atoms. The Hall–Kier alpha value is -2.17. The van der Waals surface area contributed by atoms with Crippen LogP contribution in [0.1, 0.15) is 27.3 Å². The predicted molar refractivity (Wildman–Crippen MR) is 68.5 cm³/mol. The fourth-order valence-corrected chi connectivity index (χ4v) is 1.96. The molecule has 5 heteroatoms. The highest BCUT2D eigenvalue weighted by molar-refractivity contribution is 5.92. The summed E-state index contributed by atoms with van der Waals surface area (Å²) in [7, 11) is 3.12. The van der Waals surface area contributed by atoms with Crippen molar-refractivity contribution in [2.24, 2.45) is 7.05 Å². The zero-order chi connectivity index (χ0) is 14.0. The summed E-state index contributed by atoms with van der Waals surface area (Å²) >= 11 is 0. The second-order valence-corrected chi connectivity index (χ2v) is 4.33. The van der Waals surface area contributed by atoms with Crippen molar-refractivity contribution in [2.45, 2.75) is 13.3 Å². The maximum Gasteiger partial charge on any atom is 0.341 e. The van der Waals surface area contributed by atoms with Crippen molar-refractivity contribution in [1.82, 2.24) is 9.78 Å². The Balaban J connectivity index is 2.37. The van der Waals surface area contributed by atoms with E-state index in [9.17, 15) is 9.18 Å². The van der Waals surface area contributed by atoms with Crippen LogP contribution in [0.2, 0.25) is 0 Å². The highest BCUT2D eigenvalue weighted by Crippen LogP contribution is 2.18. The van der Waals surface area contributed by atoms with E-state index in [-0.39, 0.29) is 5.82 Å². The van der Waals surface area contributed by atoms with E-state index < -0.39 is 5.97 Å². The maximum absolute atomic E-state index is 12.9. The lowest BCUT2D eigenvalue weighted by Gasteiger charge is -2.02. The summed E-state index contributed by atoms with van der Waals surface area (Å²) in [5.41, 5.74) is 2.77. The van der Waals surface area contributed by atoms with Crippen molar-refractivity contribution >= 4 is 5.97 Å². The van der Waals surface area contributed by atoms with Gasteiger partial charge in [-0.1, -0.05) is 12.1 Å². The Morgan fingerprint density at radius 3 is 2.58 bits per heavy atom. The van der Waals surface area contributed by atoms with Crippen LogP contribution in [0.25, 0.3) is 0 Å². The third kappa shape index (κ3) is 2.65. The van der Waals surface area contributed by atoms with Crippen LogP contribution in [-0.2, 0) is 18.2 Å². The highest BCUT2D eigenvalue weighted by Gasteiger charge is 2.20. The molecule has 0 radical (unpaired) electrons. The van der Waals surface area contributed by atoms with Gasteiger partial charge in [0.15, 0.2) is 0 Å². The van der Waals surface area contributed by atoms with Gasteiger partial charge in [-0.2, -0.15) is 5.10 Å². The SMILES string of the molecule is COC(=O)c1c(Cc2ccc(F)cc2)nn(C)c1C. The van der Waals surface area contributed by atoms with Gasteiger partial charge in [0.1, 0.15) is 11.4 Å². The van der Waals surface area contributed by atoms with Crippen LogP contribution in [0.3, 0.4) is 0 Å². The van der Waals surface area contributed by atoms with E-state index >= 15 is 0 Å². The van der Waals surface area contributed by atoms with Gasteiger partial charge in [0.25, 0.3) is 0 Å². The number of methoxy groups -OCH3 is 1. The van der Waals surface area contributed by atoms with E-state index in [1.807, 2.05) is 6.92 Å². The molecule has 0 N–H and O–H groups in total. The zero-order valence-electron chi connectivity index (χ0n) is 11.1. The van der Waals surface area contributed by atoms with Gasteiger partial charge in [-0.3, -0.25) is 4.68 Å². The summed E-state index contributed by atoms with van der Waals surface area (Å²) < 4.78 is 19.3. The molecular formula is C14H15FN2O2. The Morgan fingerprint density at radius 2 is 2.00 bits per heavy atom. The molecule has 0 unspecified atom stereocenters. The van der Waals surface area contributed by atoms with Gasteiger partial charge in [-0.15, -0.1) is 0 Å². The van der Waals surface area contributed by atoms with Gasteiger partial charge in [-0.05, 0) is 24.6 Å². The molecule has 2 aromatic rings. The van der Waals surface area contributed by atoms with Crippen LogP contribution in [0.15, 0.2) is 24.3 Å². The molecule has 1 aromatic carbocycles. The van der Waals surface area contributed by atoms with Crippen LogP contribution in [0, 0.1) is 12.7 Å². The number of rotatable bonds is 3. The fraction of sp³-hybridized carbons (Fsp3) is 0.286. The molecular weight excluding hydrogens is 247 g/mol. The molecule has 0 aliphatic rings. The van der Waals surface area contributed by atoms with Crippen molar-refractivity contribution in [3.8, 4) is 0 Å². The van der Waals surface area contributed by atoms with Crippen LogP contribution in [0.5, 0.6) is 0 Å². The fourth-order valence-electron chi connectivity index (χ4n) is 1.96. The van der Waals surface area contributed by atoms with E-state index in [1.54, 1.807) is 23.9 Å². The second-order valence-electron chi connectivity index (χ2n) is 4.33. The van der Waals surface area contributed by atoms with Gasteiger partial charge in [0, 0.05) is 19.2 Å². The zero-order valence-corrected chi connectivity index (χ0v) is 11.1. The number of halogens is 1. The minimum Gasteiger partial charge on any atom is -0.465 e. The first-order chi connectivity index (χ1) is 9.02. The quantitative estimate of drug-likeness (QED) is 0.797. The minimum atomic E-state index is -0.400. The Labute approximate surface area is 110 Å². The molecule has 100 valence electrons. The summed E-state index contributed by atoms with van der Waals surface area (Å²) in [5.74, 6) is -0.683. The summed E-state index contributed by atoms with van der Waals surface area (Å²) in [6, 6.07) is 6.15. The van der Waals surface area contributed by atoms with Gasteiger partial charge in [0.2, 0.25) is 0 Å². The summed E-state index contributed by atoms with van der Waals surface area (Å²) in [5, 5.41) is 4.32. The van der Waals surface area contributed by atoms with Gasteiger partial charge in [-0.25, -0.2) is 9.18 Å². The van der Waals surface area contributed by atoms with Crippen molar-refractivity contribution < 1.29 is 13.9 Å². The van der Waals surface area contributed by atoms with Crippen LogP contribution in [0.4, 0.5) is 4.39 Å². The molecule has 0 aliphatic heterocycles. The van der Waals surface area contributed by atoms with E-state index in [0.717, 1.165) is 11.3 Å². The number of benzene rings is 1. The van der Waals surface area contributed by atoms with Crippen LogP contribution in [-0.4, -0.2) is 22.9 Å². The maximum atomic E-state index is 12.9. The molecule has 0 saturated heterocycles. The molecule has 0 atom stereocenters. The molecule has 1 aromatic heterocycles. The second kappa shape index (κ2) is 5.22. The number of carbonyl (C=O) groups excluding carboxylic acids is 1. The van der Waals surface area contributed by atoms with Crippen molar-refractivity contribution in [1.29, 1.82) is 0 Å². The molecule has 1 heterocycles. The third-order valence-electron chi connectivity index (χ3n) is 3.08. The smallest absolute Gasteiger partial charge is 0.341 e. The lowest BCUT2D eigenvalue weighted by atomic mass is 10.1. The van der Waals surface area contributed by atoms with Gasteiger partial charge < -0.3 is 4.74 Å². The van der Waals surface area contributed by atoms with E-state index in [0.29, 0.717) is 17.7 Å². The monoisotopic (exact) mass is 262 g/mol. The topological polar surface area (TPSA) is 44.1 Å². The first-order valence-corrected chi connectivity index (χ1v) is 5.88. The molecule has 4 nitrogen and oxygen atoms in total. The lowest BCUT2D eigenvalue weighted by molar-refractivity contribution is 0.0598. The van der Waals surface area contributed by atoms with Crippen LogP contribution >= 0.6 is 0 Å². The Morgan fingerprint density at radius 1 is 1.37 bits per heavy atom. The number of ether oxygens (including phenoxy) is 1. The molecule has 0 bridgehead atoms. The number of esters is 1. The van der Waals surface area contributed by atoms with E-state index in [2.05, 4.69) is 5.10 Å². The van der Waals surface area contributed by atoms with Crippen molar-refractivity contribution in [2.75, 3.05) is 7.11 Å². The van der Waals surface area contributed by atoms with Crippen molar-refractivity contribution in [3.63, 3.8) is 0 Å². The molecule has 0 spiro atoms. The average Bonchev–Trinajstić information content (AvgIpc) is 2.67. The third-order valence-corrected chi connectivity index (χ3v) is 3.08. The Kier molecular flexibility index (Phi) is 3.64. The number of aryl methyl sites for hydroxylation is 1. The highest BCUT2D eigenvalue weighted by atomic mass is 19.1. The summed E-state index contributed by atoms with van der Waals surface area (Å²) in [4.78, 5) is 11.8. The number of hydrogen-bond donors (Lipinski definition) is 0. The van der Waals surface area contributed by atoms with Crippen LogP contribution < -0.4 is 0 Å². The summed E-state index contributed by atoms with van der Waals surface area (Å²) in [6.45, 7) is 1.81. The number of aromatic nitrogens is 2. The average molecular weight is 262 g/mol. The van der Waals surface area contributed by atoms with E-state index in [4.69, 9.17) is 4.74 Å². The number of carbonyl (C=O) groups is 1. The predicted octanol–water partition coefficient (Wildman–Crippen LogP) is 2.25. The number of hydrogen-bond acceptors (Lipinski definition) is 3. The first kappa shape index (κ1) is 13.3. The van der Waals surface area contributed by atoms with Crippen molar-refractivity contribution in [3.05, 3.63) is 52.6 Å². The first-order valence-electron chi connectivity index (χ1n) is 5.88. The molecule has 0 saturated carbocycles. The van der Waals surface area contributed by atoms with Gasteiger partial charge >= 0.3 is 5.97 Å². The standard InChI is InChI=1S/C14H15FN2O2/c1-9-13(14(18)19-3)12(16-17(9)2)8-10-4-6-11(15)7-5-10/h4-7H,8H2,1-3H3. The normalized spacial score (nSPS) is 10.5. The molecule has 0 fully saturated rings. The molecule has 0 aliphatic carbocycles.